The first-order valence-electron chi connectivity index (χ1n) is 6.23. The lowest BCUT2D eigenvalue weighted by Gasteiger charge is -2.07. The van der Waals surface area contributed by atoms with Gasteiger partial charge in [-0.2, -0.15) is 0 Å². The van der Waals surface area contributed by atoms with E-state index >= 15 is 0 Å². The van der Waals surface area contributed by atoms with Crippen LogP contribution in [0.15, 0.2) is 39.9 Å². The fraction of sp³-hybridized carbons (Fsp3) is 0.154. The average Bonchev–Trinajstić information content (AvgIpc) is 2.97. The Kier molecular flexibility index (Phi) is 5.01. The van der Waals surface area contributed by atoms with Gasteiger partial charge in [0.1, 0.15) is 15.7 Å². The van der Waals surface area contributed by atoms with E-state index in [9.17, 15) is 23.4 Å². The Morgan fingerprint density at radius 1 is 1.14 bits per heavy atom. The van der Waals surface area contributed by atoms with Crippen molar-refractivity contribution in [2.75, 3.05) is 13.1 Å². The number of rotatable bonds is 6. The zero-order valence-electron chi connectivity index (χ0n) is 11.3. The van der Waals surface area contributed by atoms with Crippen molar-refractivity contribution in [2.45, 2.75) is 4.21 Å². The van der Waals surface area contributed by atoms with E-state index in [1.807, 2.05) is 0 Å². The zero-order valence-corrected chi connectivity index (χ0v) is 12.9. The number of hydrogen-bond donors (Lipinski definition) is 4. The standard InChI is InChI=1S/C13H14N2O5S2/c16-10-6-9(7-11(17)8-10)13(18)14-3-4-15-22(19,20)12-2-1-5-21-12/h1-2,5-8,15-17H,3-4H2,(H,14,18). The Labute approximate surface area is 131 Å². The molecule has 0 bridgehead atoms. The summed E-state index contributed by atoms with van der Waals surface area (Å²) in [6, 6.07) is 6.62. The van der Waals surface area contributed by atoms with Crippen LogP contribution in [0, 0.1) is 0 Å². The first-order chi connectivity index (χ1) is 10.4. The zero-order chi connectivity index (χ0) is 16.2. The molecule has 1 aromatic carbocycles. The number of sulfonamides is 1. The second-order valence-corrected chi connectivity index (χ2v) is 7.27. The Morgan fingerprint density at radius 3 is 2.41 bits per heavy atom. The minimum atomic E-state index is -3.56. The highest BCUT2D eigenvalue weighted by Gasteiger charge is 2.14. The van der Waals surface area contributed by atoms with Crippen LogP contribution in [0.25, 0.3) is 0 Å². The van der Waals surface area contributed by atoms with E-state index in [2.05, 4.69) is 10.0 Å². The SMILES string of the molecule is O=C(NCCNS(=O)(=O)c1cccs1)c1cc(O)cc(O)c1. The fourth-order valence-electron chi connectivity index (χ4n) is 1.68. The van der Waals surface area contributed by atoms with Gasteiger partial charge in [0.2, 0.25) is 10.0 Å². The third-order valence-electron chi connectivity index (χ3n) is 2.63. The topological polar surface area (TPSA) is 116 Å². The molecule has 1 heterocycles. The van der Waals surface area contributed by atoms with Crippen molar-refractivity contribution in [3.8, 4) is 11.5 Å². The van der Waals surface area contributed by atoms with Crippen LogP contribution in [0.5, 0.6) is 11.5 Å². The number of carbonyl (C=O) groups is 1. The predicted octanol–water partition coefficient (Wildman–Crippen LogP) is 0.868. The van der Waals surface area contributed by atoms with Crippen LogP contribution in [-0.4, -0.2) is 37.6 Å². The minimum absolute atomic E-state index is 0.0246. The summed E-state index contributed by atoms with van der Waals surface area (Å²) in [5.41, 5.74) is 0.0820. The highest BCUT2D eigenvalue weighted by Crippen LogP contribution is 2.20. The molecular weight excluding hydrogens is 328 g/mol. The fourth-order valence-corrected chi connectivity index (χ4v) is 3.75. The highest BCUT2D eigenvalue weighted by atomic mass is 32.2. The van der Waals surface area contributed by atoms with Crippen molar-refractivity contribution in [1.82, 2.24) is 10.0 Å². The molecule has 0 saturated heterocycles. The Balaban J connectivity index is 1.85. The molecule has 0 aliphatic heterocycles. The van der Waals surface area contributed by atoms with Gasteiger partial charge in [-0.25, -0.2) is 13.1 Å². The molecule has 4 N–H and O–H groups in total. The van der Waals surface area contributed by atoms with E-state index < -0.39 is 15.9 Å². The van der Waals surface area contributed by atoms with Gasteiger partial charge in [0.15, 0.2) is 0 Å². The summed E-state index contributed by atoms with van der Waals surface area (Å²) >= 11 is 1.10. The maximum Gasteiger partial charge on any atom is 0.251 e. The van der Waals surface area contributed by atoms with E-state index in [0.29, 0.717) is 0 Å². The number of phenols is 2. The number of benzene rings is 1. The molecule has 118 valence electrons. The maximum atomic E-state index is 11.8. The third kappa shape index (κ3) is 4.20. The number of phenolic OH excluding ortho intramolecular Hbond substituents is 2. The lowest BCUT2D eigenvalue weighted by atomic mass is 10.2. The van der Waals surface area contributed by atoms with Crippen LogP contribution < -0.4 is 10.0 Å². The number of aromatic hydroxyl groups is 2. The molecule has 0 atom stereocenters. The van der Waals surface area contributed by atoms with Gasteiger partial charge in [0.25, 0.3) is 5.91 Å². The van der Waals surface area contributed by atoms with Crippen molar-refractivity contribution in [2.24, 2.45) is 0 Å². The molecule has 0 fully saturated rings. The van der Waals surface area contributed by atoms with Gasteiger partial charge in [0.05, 0.1) is 0 Å². The summed E-state index contributed by atoms with van der Waals surface area (Å²) in [6.45, 7) is 0.0939. The molecule has 2 rings (SSSR count). The smallest absolute Gasteiger partial charge is 0.251 e. The third-order valence-corrected chi connectivity index (χ3v) is 5.49. The van der Waals surface area contributed by atoms with Crippen molar-refractivity contribution in [3.05, 3.63) is 41.3 Å². The van der Waals surface area contributed by atoms with Crippen molar-refractivity contribution in [1.29, 1.82) is 0 Å². The lowest BCUT2D eigenvalue weighted by Crippen LogP contribution is -2.34. The number of carbonyl (C=O) groups excluding carboxylic acids is 1. The Morgan fingerprint density at radius 2 is 1.82 bits per heavy atom. The van der Waals surface area contributed by atoms with Crippen molar-refractivity contribution in [3.63, 3.8) is 0 Å². The molecule has 9 heteroatoms. The van der Waals surface area contributed by atoms with Crippen LogP contribution >= 0.6 is 11.3 Å². The van der Waals surface area contributed by atoms with Crippen LogP contribution in [0.2, 0.25) is 0 Å². The molecule has 7 nitrogen and oxygen atoms in total. The molecule has 0 saturated carbocycles. The first-order valence-corrected chi connectivity index (χ1v) is 8.59. The van der Waals surface area contributed by atoms with E-state index in [0.717, 1.165) is 17.4 Å². The lowest BCUT2D eigenvalue weighted by molar-refractivity contribution is 0.0953. The summed E-state index contributed by atoms with van der Waals surface area (Å²) in [4.78, 5) is 11.8. The van der Waals surface area contributed by atoms with Gasteiger partial charge in [0, 0.05) is 24.7 Å². The molecule has 0 aliphatic rings. The minimum Gasteiger partial charge on any atom is -0.508 e. The van der Waals surface area contributed by atoms with E-state index in [4.69, 9.17) is 0 Å². The van der Waals surface area contributed by atoms with Gasteiger partial charge in [-0.1, -0.05) is 6.07 Å². The number of nitrogens with one attached hydrogen (secondary N) is 2. The molecule has 0 spiro atoms. The van der Waals surface area contributed by atoms with Gasteiger partial charge in [-0.3, -0.25) is 4.79 Å². The molecule has 0 radical (unpaired) electrons. The van der Waals surface area contributed by atoms with Gasteiger partial charge >= 0.3 is 0 Å². The van der Waals surface area contributed by atoms with Gasteiger partial charge < -0.3 is 15.5 Å². The number of thiophene rings is 1. The summed E-state index contributed by atoms with van der Waals surface area (Å²) in [6.07, 6.45) is 0. The van der Waals surface area contributed by atoms with E-state index in [1.54, 1.807) is 11.4 Å². The molecular formula is C13H14N2O5S2. The predicted molar refractivity (Wildman–Crippen MR) is 81.6 cm³/mol. The van der Waals surface area contributed by atoms with Crippen molar-refractivity contribution < 1.29 is 23.4 Å². The molecule has 0 unspecified atom stereocenters. The Hall–Kier alpha value is -2.10. The molecule has 1 amide bonds. The van der Waals surface area contributed by atoms with Crippen LogP contribution in [0.3, 0.4) is 0 Å². The van der Waals surface area contributed by atoms with Crippen LogP contribution in [-0.2, 0) is 10.0 Å². The molecule has 1 aromatic heterocycles. The molecule has 0 aliphatic carbocycles. The second-order valence-electron chi connectivity index (χ2n) is 4.32. The van der Waals surface area contributed by atoms with Crippen LogP contribution in [0.1, 0.15) is 10.4 Å². The quantitative estimate of drug-likeness (QED) is 0.581. The average molecular weight is 342 g/mol. The monoisotopic (exact) mass is 342 g/mol. The van der Waals surface area contributed by atoms with E-state index in [1.165, 1.54) is 18.2 Å². The summed E-state index contributed by atoms with van der Waals surface area (Å²) < 4.78 is 26.2. The summed E-state index contributed by atoms with van der Waals surface area (Å²) in [7, 11) is -3.56. The number of amides is 1. The normalized spacial score (nSPS) is 11.3. The maximum absolute atomic E-state index is 11.8. The summed E-state index contributed by atoms with van der Waals surface area (Å²) in [5.74, 6) is -0.992. The highest BCUT2D eigenvalue weighted by molar-refractivity contribution is 7.91. The first kappa shape index (κ1) is 16.3. The Bertz CT molecular complexity index is 736. The molecule has 2 aromatic rings. The van der Waals surface area contributed by atoms with Crippen molar-refractivity contribution >= 4 is 27.3 Å². The van der Waals surface area contributed by atoms with Gasteiger partial charge in [-0.15, -0.1) is 11.3 Å². The van der Waals surface area contributed by atoms with Gasteiger partial charge in [-0.05, 0) is 23.6 Å². The van der Waals surface area contributed by atoms with E-state index in [-0.39, 0.29) is 34.4 Å². The van der Waals surface area contributed by atoms with Crippen LogP contribution in [0.4, 0.5) is 0 Å². The number of hydrogen-bond acceptors (Lipinski definition) is 6. The largest absolute Gasteiger partial charge is 0.508 e. The molecule has 22 heavy (non-hydrogen) atoms. The summed E-state index contributed by atoms with van der Waals surface area (Å²) in [5, 5.41) is 22.7. The second kappa shape index (κ2) is 6.77.